The molecule has 0 aromatic heterocycles. The number of aryl methyl sites for hydroxylation is 1. The molecule has 4 rings (SSSR count). The normalized spacial score (nSPS) is 11.7. The Balaban J connectivity index is 1.25. The van der Waals surface area contributed by atoms with Crippen LogP contribution in [0.4, 0.5) is 0 Å². The van der Waals surface area contributed by atoms with Crippen LogP contribution in [0.15, 0.2) is 60.7 Å². The summed E-state index contributed by atoms with van der Waals surface area (Å²) >= 11 is 0. The second-order valence-corrected chi connectivity index (χ2v) is 11.0. The van der Waals surface area contributed by atoms with Gasteiger partial charge in [0.1, 0.15) is 11.5 Å². The third-order valence-electron chi connectivity index (χ3n) is 7.81. The fraction of sp³-hybridized carbons (Fsp3) is 0.472. The van der Waals surface area contributed by atoms with Crippen molar-refractivity contribution in [2.75, 3.05) is 6.61 Å². The molecular formula is C36H46O3. The van der Waals surface area contributed by atoms with Gasteiger partial charge in [-0.1, -0.05) is 102 Å². The molecule has 0 fully saturated rings. The first-order chi connectivity index (χ1) is 19.2. The number of hydrogen-bond donors (Lipinski definition) is 0. The summed E-state index contributed by atoms with van der Waals surface area (Å²) in [5.41, 5.74) is 6.76. The summed E-state index contributed by atoms with van der Waals surface area (Å²) in [6, 6.07) is 20.3. The Kier molecular flexibility index (Phi) is 11.5. The van der Waals surface area contributed by atoms with Gasteiger partial charge >= 0.3 is 5.97 Å². The van der Waals surface area contributed by atoms with Gasteiger partial charge in [0.15, 0.2) is 0 Å². The molecule has 3 aromatic rings. The number of rotatable bonds is 17. The molecule has 3 aromatic carbocycles. The van der Waals surface area contributed by atoms with Gasteiger partial charge in [0.05, 0.1) is 12.2 Å². The average molecular weight is 527 g/mol. The van der Waals surface area contributed by atoms with Crippen LogP contribution in [0.3, 0.4) is 0 Å². The lowest BCUT2D eigenvalue weighted by Gasteiger charge is -2.09. The first kappa shape index (κ1) is 28.9. The average Bonchev–Trinajstić information content (AvgIpc) is 3.32. The van der Waals surface area contributed by atoms with E-state index < -0.39 is 0 Å². The zero-order chi connectivity index (χ0) is 27.3. The molecule has 0 N–H and O–H groups in total. The Hall–Kier alpha value is -3.07. The van der Waals surface area contributed by atoms with E-state index in [-0.39, 0.29) is 5.97 Å². The number of fused-ring (bicyclic) bond motifs is 3. The van der Waals surface area contributed by atoms with Crippen LogP contribution in [0.25, 0.3) is 11.1 Å². The number of carbonyl (C=O) groups is 1. The van der Waals surface area contributed by atoms with Crippen molar-refractivity contribution in [3.63, 3.8) is 0 Å². The summed E-state index contributed by atoms with van der Waals surface area (Å²) in [7, 11) is 0. The standard InChI is InChI=1S/C36H46O3/c1-3-5-7-9-11-13-15-28-16-19-32(20-17-28)39-36(37)29-18-22-34-30(25-29)26-31-27-33(21-23-35(31)34)38-24-14-12-10-8-6-4-2/h16-23,25,27H,3-15,24,26H2,1-2H3. The van der Waals surface area contributed by atoms with Gasteiger partial charge in [0.2, 0.25) is 0 Å². The van der Waals surface area contributed by atoms with Crippen LogP contribution >= 0.6 is 0 Å². The topological polar surface area (TPSA) is 35.5 Å². The molecule has 1 aliphatic rings. The third kappa shape index (κ3) is 8.71. The minimum absolute atomic E-state index is 0.305. The van der Waals surface area contributed by atoms with Crippen molar-refractivity contribution in [2.24, 2.45) is 0 Å². The summed E-state index contributed by atoms with van der Waals surface area (Å²) in [5, 5.41) is 0. The van der Waals surface area contributed by atoms with E-state index in [1.807, 2.05) is 24.3 Å². The van der Waals surface area contributed by atoms with Gasteiger partial charge in [0.25, 0.3) is 0 Å². The second-order valence-electron chi connectivity index (χ2n) is 11.0. The van der Waals surface area contributed by atoms with Crippen LogP contribution in [-0.2, 0) is 12.8 Å². The van der Waals surface area contributed by atoms with Crippen LogP contribution in [-0.4, -0.2) is 12.6 Å². The maximum Gasteiger partial charge on any atom is 0.343 e. The third-order valence-corrected chi connectivity index (χ3v) is 7.81. The number of esters is 1. The molecule has 0 saturated heterocycles. The van der Waals surface area contributed by atoms with Gasteiger partial charge in [-0.3, -0.25) is 0 Å². The van der Waals surface area contributed by atoms with E-state index in [9.17, 15) is 4.79 Å². The number of benzene rings is 3. The monoisotopic (exact) mass is 526 g/mol. The predicted molar refractivity (Wildman–Crippen MR) is 162 cm³/mol. The maximum atomic E-state index is 12.9. The number of hydrogen-bond acceptors (Lipinski definition) is 3. The molecule has 0 heterocycles. The van der Waals surface area contributed by atoms with E-state index in [1.54, 1.807) is 0 Å². The van der Waals surface area contributed by atoms with Crippen LogP contribution in [0.1, 0.15) is 118 Å². The Morgan fingerprint density at radius 2 is 1.23 bits per heavy atom. The highest BCUT2D eigenvalue weighted by molar-refractivity contribution is 5.93. The fourth-order valence-electron chi connectivity index (χ4n) is 5.48. The Morgan fingerprint density at radius 1 is 0.641 bits per heavy atom. The van der Waals surface area contributed by atoms with E-state index >= 15 is 0 Å². The fourth-order valence-corrected chi connectivity index (χ4v) is 5.48. The summed E-state index contributed by atoms with van der Waals surface area (Å²) < 4.78 is 11.7. The van der Waals surface area contributed by atoms with Crippen molar-refractivity contribution in [3.05, 3.63) is 82.9 Å². The largest absolute Gasteiger partial charge is 0.494 e. The molecular weight excluding hydrogens is 480 g/mol. The van der Waals surface area contributed by atoms with E-state index in [0.717, 1.165) is 31.6 Å². The van der Waals surface area contributed by atoms with Gasteiger partial charge in [-0.15, -0.1) is 0 Å². The molecule has 0 radical (unpaired) electrons. The van der Waals surface area contributed by atoms with Gasteiger partial charge < -0.3 is 9.47 Å². The summed E-state index contributed by atoms with van der Waals surface area (Å²) in [4.78, 5) is 12.9. The summed E-state index contributed by atoms with van der Waals surface area (Å²) in [5.74, 6) is 1.23. The van der Waals surface area contributed by atoms with Crippen molar-refractivity contribution >= 4 is 5.97 Å². The molecule has 1 aliphatic carbocycles. The van der Waals surface area contributed by atoms with Crippen molar-refractivity contribution in [3.8, 4) is 22.6 Å². The Labute approximate surface area is 235 Å². The van der Waals surface area contributed by atoms with Crippen LogP contribution in [0.5, 0.6) is 11.5 Å². The molecule has 0 bridgehead atoms. The minimum Gasteiger partial charge on any atom is -0.494 e. The quantitative estimate of drug-likeness (QED) is 0.0780. The van der Waals surface area contributed by atoms with Crippen molar-refractivity contribution in [2.45, 2.75) is 104 Å². The molecule has 0 atom stereocenters. The first-order valence-corrected chi connectivity index (χ1v) is 15.4. The van der Waals surface area contributed by atoms with Gasteiger partial charge in [-0.05, 0) is 89.9 Å². The van der Waals surface area contributed by atoms with Crippen LogP contribution in [0, 0.1) is 0 Å². The molecule has 208 valence electrons. The zero-order valence-electron chi connectivity index (χ0n) is 24.1. The van der Waals surface area contributed by atoms with E-state index in [0.29, 0.717) is 11.3 Å². The molecule has 0 aliphatic heterocycles. The van der Waals surface area contributed by atoms with Gasteiger partial charge in [-0.25, -0.2) is 4.79 Å². The van der Waals surface area contributed by atoms with Gasteiger partial charge in [0, 0.05) is 0 Å². The molecule has 0 saturated carbocycles. The first-order valence-electron chi connectivity index (χ1n) is 15.4. The van der Waals surface area contributed by atoms with E-state index in [1.165, 1.54) is 98.4 Å². The smallest absolute Gasteiger partial charge is 0.343 e. The zero-order valence-corrected chi connectivity index (χ0v) is 24.1. The lowest BCUT2D eigenvalue weighted by Crippen LogP contribution is -2.09. The Bertz CT molecular complexity index is 1180. The highest BCUT2D eigenvalue weighted by Crippen LogP contribution is 2.39. The SMILES string of the molecule is CCCCCCCCOc1ccc2c(c1)Cc1cc(C(=O)Oc3ccc(CCCCCCCC)cc3)ccc1-2. The number of carbonyl (C=O) groups excluding carboxylic acids is 1. The lowest BCUT2D eigenvalue weighted by atomic mass is 10.0. The van der Waals surface area contributed by atoms with E-state index in [4.69, 9.17) is 9.47 Å². The minimum atomic E-state index is -0.305. The number of unbranched alkanes of at least 4 members (excludes halogenated alkanes) is 10. The van der Waals surface area contributed by atoms with Crippen molar-refractivity contribution < 1.29 is 14.3 Å². The van der Waals surface area contributed by atoms with Crippen LogP contribution < -0.4 is 9.47 Å². The maximum absolute atomic E-state index is 12.9. The summed E-state index contributed by atoms with van der Waals surface area (Å²) in [6.07, 6.45) is 17.3. The second kappa shape index (κ2) is 15.5. The molecule has 0 amide bonds. The van der Waals surface area contributed by atoms with Gasteiger partial charge in [-0.2, -0.15) is 0 Å². The lowest BCUT2D eigenvalue weighted by molar-refractivity contribution is 0.0734. The molecule has 0 unspecified atom stereocenters. The molecule has 3 nitrogen and oxygen atoms in total. The molecule has 0 spiro atoms. The van der Waals surface area contributed by atoms with E-state index in [2.05, 4.69) is 50.2 Å². The highest BCUT2D eigenvalue weighted by Gasteiger charge is 2.21. The van der Waals surface area contributed by atoms with Crippen molar-refractivity contribution in [1.82, 2.24) is 0 Å². The Morgan fingerprint density at radius 3 is 1.95 bits per heavy atom. The molecule has 39 heavy (non-hydrogen) atoms. The highest BCUT2D eigenvalue weighted by atomic mass is 16.5. The van der Waals surface area contributed by atoms with Crippen molar-refractivity contribution in [1.29, 1.82) is 0 Å². The van der Waals surface area contributed by atoms with Crippen LogP contribution in [0.2, 0.25) is 0 Å². The number of ether oxygens (including phenoxy) is 2. The summed E-state index contributed by atoms with van der Waals surface area (Å²) in [6.45, 7) is 5.27. The molecule has 3 heteroatoms. The predicted octanol–water partition coefficient (Wildman–Crippen LogP) is 10.1.